The minimum atomic E-state index is -0.730. The zero-order chi connectivity index (χ0) is 23.7. The summed E-state index contributed by atoms with van der Waals surface area (Å²) < 4.78 is 11.1. The maximum absolute atomic E-state index is 12.7. The van der Waals surface area contributed by atoms with Gasteiger partial charge >= 0.3 is 0 Å². The lowest BCUT2D eigenvalue weighted by atomic mass is 10.0. The molecule has 0 aliphatic carbocycles. The lowest BCUT2D eigenvalue weighted by Crippen LogP contribution is -2.46. The quantitative estimate of drug-likeness (QED) is 0.406. The highest BCUT2D eigenvalue weighted by molar-refractivity contribution is 6.30. The smallest absolute Gasteiger partial charge is 0.262 e. The van der Waals surface area contributed by atoms with Crippen LogP contribution in [-0.2, 0) is 4.79 Å². The summed E-state index contributed by atoms with van der Waals surface area (Å²) in [4.78, 5) is 25.2. The molecule has 0 aromatic heterocycles. The van der Waals surface area contributed by atoms with Gasteiger partial charge in [-0.1, -0.05) is 25.4 Å². The van der Waals surface area contributed by atoms with Crippen molar-refractivity contribution >= 4 is 29.6 Å². The third-order valence-electron chi connectivity index (χ3n) is 4.37. The normalized spacial score (nSPS) is 12.1. The predicted octanol–water partition coefficient (Wildman–Crippen LogP) is 4.43. The van der Waals surface area contributed by atoms with Gasteiger partial charge in [-0.15, -0.1) is 0 Å². The molecule has 2 N–H and O–H groups in total. The van der Waals surface area contributed by atoms with Crippen LogP contribution in [0.2, 0.25) is 5.02 Å². The summed E-state index contributed by atoms with van der Waals surface area (Å²) in [5.41, 5.74) is 3.66. The minimum absolute atomic E-state index is 0.0173. The van der Waals surface area contributed by atoms with Crippen molar-refractivity contribution in [2.24, 2.45) is 11.0 Å². The predicted molar refractivity (Wildman–Crippen MR) is 127 cm³/mol. The second kappa shape index (κ2) is 12.1. The monoisotopic (exact) mass is 459 g/mol. The molecule has 0 aliphatic heterocycles. The highest BCUT2D eigenvalue weighted by atomic mass is 35.5. The van der Waals surface area contributed by atoms with Gasteiger partial charge in [0.2, 0.25) is 0 Å². The zero-order valence-corrected chi connectivity index (χ0v) is 19.8. The molecule has 2 aromatic carbocycles. The molecular formula is C24H30ClN3O4. The van der Waals surface area contributed by atoms with E-state index in [1.807, 2.05) is 33.8 Å². The van der Waals surface area contributed by atoms with E-state index in [0.717, 1.165) is 5.56 Å². The summed E-state index contributed by atoms with van der Waals surface area (Å²) in [6, 6.07) is 11.1. The fourth-order valence-corrected chi connectivity index (χ4v) is 3.04. The Bertz CT molecular complexity index is 943. The van der Waals surface area contributed by atoms with Crippen molar-refractivity contribution in [2.75, 3.05) is 7.11 Å². The molecule has 2 amide bonds. The third kappa shape index (κ3) is 7.89. The fourth-order valence-electron chi connectivity index (χ4n) is 2.91. The first kappa shape index (κ1) is 25.2. The zero-order valence-electron chi connectivity index (χ0n) is 19.0. The van der Waals surface area contributed by atoms with Gasteiger partial charge < -0.3 is 14.8 Å². The average molecular weight is 460 g/mol. The standard InChI is InChI=1S/C24H30ClN3O4/c1-15(2)12-20(27-23(29)18-7-9-19(25)10-8-18)24(30)28-26-14-17-6-11-21(32-16(3)4)22(13-17)31-5/h6-11,13-16,20H,12H2,1-5H3,(H,27,29)(H,28,30). The maximum Gasteiger partial charge on any atom is 0.262 e. The van der Waals surface area contributed by atoms with E-state index < -0.39 is 11.9 Å². The number of nitrogens with one attached hydrogen (secondary N) is 2. The van der Waals surface area contributed by atoms with E-state index >= 15 is 0 Å². The van der Waals surface area contributed by atoms with Gasteiger partial charge in [-0.3, -0.25) is 9.59 Å². The van der Waals surface area contributed by atoms with Crippen LogP contribution in [0.15, 0.2) is 47.6 Å². The molecule has 172 valence electrons. The van der Waals surface area contributed by atoms with Crippen molar-refractivity contribution < 1.29 is 19.1 Å². The number of rotatable bonds is 10. The first-order valence-electron chi connectivity index (χ1n) is 10.4. The highest BCUT2D eigenvalue weighted by Crippen LogP contribution is 2.28. The molecular weight excluding hydrogens is 430 g/mol. The third-order valence-corrected chi connectivity index (χ3v) is 4.63. The molecule has 7 nitrogen and oxygen atoms in total. The van der Waals surface area contributed by atoms with Crippen molar-refractivity contribution in [3.05, 3.63) is 58.6 Å². The van der Waals surface area contributed by atoms with Crippen LogP contribution in [0, 0.1) is 5.92 Å². The van der Waals surface area contributed by atoms with Crippen molar-refractivity contribution in [3.8, 4) is 11.5 Å². The van der Waals surface area contributed by atoms with E-state index in [2.05, 4.69) is 15.8 Å². The Hall–Kier alpha value is -3.06. The second-order valence-electron chi connectivity index (χ2n) is 7.97. The van der Waals surface area contributed by atoms with Crippen LogP contribution in [0.5, 0.6) is 11.5 Å². The Morgan fingerprint density at radius 2 is 1.75 bits per heavy atom. The summed E-state index contributed by atoms with van der Waals surface area (Å²) in [6.45, 7) is 7.82. The average Bonchev–Trinajstić information content (AvgIpc) is 2.73. The van der Waals surface area contributed by atoms with E-state index in [4.69, 9.17) is 21.1 Å². The van der Waals surface area contributed by atoms with Crippen molar-refractivity contribution in [2.45, 2.75) is 46.3 Å². The molecule has 0 saturated heterocycles. The Labute approximate surface area is 194 Å². The number of amides is 2. The van der Waals surface area contributed by atoms with Gasteiger partial charge in [0.25, 0.3) is 11.8 Å². The lowest BCUT2D eigenvalue weighted by molar-refractivity contribution is -0.123. The van der Waals surface area contributed by atoms with Gasteiger partial charge in [0.15, 0.2) is 11.5 Å². The Morgan fingerprint density at radius 1 is 1.06 bits per heavy atom. The number of methoxy groups -OCH3 is 1. The molecule has 0 radical (unpaired) electrons. The topological polar surface area (TPSA) is 89.0 Å². The summed E-state index contributed by atoms with van der Waals surface area (Å²) in [5.74, 6) is 0.645. The Balaban J connectivity index is 2.05. The molecule has 0 fully saturated rings. The van der Waals surface area contributed by atoms with Gasteiger partial charge in [-0.05, 0) is 74.2 Å². The van der Waals surface area contributed by atoms with E-state index in [-0.39, 0.29) is 17.9 Å². The Kier molecular flexibility index (Phi) is 9.53. The number of hydrazone groups is 1. The summed E-state index contributed by atoms with van der Waals surface area (Å²) in [7, 11) is 1.56. The molecule has 32 heavy (non-hydrogen) atoms. The first-order chi connectivity index (χ1) is 15.2. The first-order valence-corrected chi connectivity index (χ1v) is 10.8. The second-order valence-corrected chi connectivity index (χ2v) is 8.41. The largest absolute Gasteiger partial charge is 0.493 e. The van der Waals surface area contributed by atoms with Crippen molar-refractivity contribution in [3.63, 3.8) is 0 Å². The molecule has 8 heteroatoms. The number of nitrogens with zero attached hydrogens (tertiary/aromatic N) is 1. The molecule has 1 unspecified atom stereocenters. The number of hydrogen-bond donors (Lipinski definition) is 2. The van der Waals surface area contributed by atoms with E-state index in [0.29, 0.717) is 28.5 Å². The lowest BCUT2D eigenvalue weighted by Gasteiger charge is -2.19. The van der Waals surface area contributed by atoms with Gasteiger partial charge in [-0.25, -0.2) is 5.43 Å². The molecule has 0 heterocycles. The van der Waals surface area contributed by atoms with Crippen LogP contribution in [0.25, 0.3) is 0 Å². The summed E-state index contributed by atoms with van der Waals surface area (Å²) >= 11 is 5.87. The number of hydrogen-bond acceptors (Lipinski definition) is 5. The van der Waals surface area contributed by atoms with E-state index in [1.165, 1.54) is 6.21 Å². The van der Waals surface area contributed by atoms with Gasteiger partial charge in [0.05, 0.1) is 19.4 Å². The molecule has 0 aliphatic rings. The Morgan fingerprint density at radius 3 is 2.34 bits per heavy atom. The molecule has 0 bridgehead atoms. The molecule has 2 rings (SSSR count). The van der Waals surface area contributed by atoms with Crippen LogP contribution in [0.4, 0.5) is 0 Å². The van der Waals surface area contributed by atoms with E-state index in [1.54, 1.807) is 43.5 Å². The van der Waals surface area contributed by atoms with Crippen LogP contribution < -0.4 is 20.2 Å². The molecule has 0 saturated carbocycles. The van der Waals surface area contributed by atoms with E-state index in [9.17, 15) is 9.59 Å². The minimum Gasteiger partial charge on any atom is -0.493 e. The molecule has 2 aromatic rings. The summed E-state index contributed by atoms with van der Waals surface area (Å²) in [6.07, 6.45) is 1.99. The van der Waals surface area contributed by atoms with Crippen LogP contribution >= 0.6 is 11.6 Å². The number of halogens is 1. The van der Waals surface area contributed by atoms with Crippen LogP contribution in [-0.4, -0.2) is 37.3 Å². The highest BCUT2D eigenvalue weighted by Gasteiger charge is 2.22. The fraction of sp³-hybridized carbons (Fsp3) is 0.375. The summed E-state index contributed by atoms with van der Waals surface area (Å²) in [5, 5.41) is 7.34. The van der Waals surface area contributed by atoms with Crippen LogP contribution in [0.1, 0.15) is 50.0 Å². The van der Waals surface area contributed by atoms with Crippen molar-refractivity contribution in [1.29, 1.82) is 0 Å². The molecule has 1 atom stereocenters. The maximum atomic E-state index is 12.7. The number of benzene rings is 2. The van der Waals surface area contributed by atoms with Crippen LogP contribution in [0.3, 0.4) is 0 Å². The SMILES string of the molecule is COc1cc(C=NNC(=O)C(CC(C)C)NC(=O)c2ccc(Cl)cc2)ccc1OC(C)C. The van der Waals surface area contributed by atoms with Gasteiger partial charge in [0, 0.05) is 10.6 Å². The number of carbonyl (C=O) groups is 2. The number of carbonyl (C=O) groups excluding carboxylic acids is 2. The van der Waals surface area contributed by atoms with Gasteiger partial charge in [0.1, 0.15) is 6.04 Å². The molecule has 0 spiro atoms. The van der Waals surface area contributed by atoms with Gasteiger partial charge in [-0.2, -0.15) is 5.10 Å². The number of ether oxygens (including phenoxy) is 2. The van der Waals surface area contributed by atoms with Crippen molar-refractivity contribution in [1.82, 2.24) is 10.7 Å².